The summed E-state index contributed by atoms with van der Waals surface area (Å²) < 4.78 is 5.43. The lowest BCUT2D eigenvalue weighted by molar-refractivity contribution is -0.115. The lowest BCUT2D eigenvalue weighted by atomic mass is 10.2. The normalized spacial score (nSPS) is 11.0. The van der Waals surface area contributed by atoms with E-state index in [2.05, 4.69) is 25.5 Å². The Morgan fingerprint density at radius 1 is 1.10 bits per heavy atom. The van der Waals surface area contributed by atoms with Gasteiger partial charge in [0, 0.05) is 23.6 Å². The van der Waals surface area contributed by atoms with Gasteiger partial charge < -0.3 is 4.74 Å². The van der Waals surface area contributed by atoms with E-state index in [0.29, 0.717) is 11.5 Å². The fourth-order valence-corrected chi connectivity index (χ4v) is 2.45. The zero-order valence-electron chi connectivity index (χ0n) is 16.4. The van der Waals surface area contributed by atoms with E-state index < -0.39 is 17.6 Å². The van der Waals surface area contributed by atoms with E-state index in [1.807, 2.05) is 6.07 Å². The summed E-state index contributed by atoms with van der Waals surface area (Å²) >= 11 is 0. The minimum absolute atomic E-state index is 0.110. The zero-order chi connectivity index (χ0) is 20.9. The van der Waals surface area contributed by atoms with Gasteiger partial charge in [-0.2, -0.15) is 4.98 Å². The first-order chi connectivity index (χ1) is 13.8. The van der Waals surface area contributed by atoms with E-state index in [0.717, 1.165) is 5.56 Å². The van der Waals surface area contributed by atoms with Crippen molar-refractivity contribution in [3.8, 4) is 11.4 Å². The number of H-pyrrole nitrogens is 1. The number of aromatic amines is 1. The van der Waals surface area contributed by atoms with Gasteiger partial charge in [0.25, 0.3) is 0 Å². The number of nitrogens with one attached hydrogen (secondary N) is 2. The largest absolute Gasteiger partial charge is 0.443 e. The molecule has 0 radical (unpaired) electrons. The quantitative estimate of drug-likeness (QED) is 0.687. The van der Waals surface area contributed by atoms with Gasteiger partial charge in [-0.3, -0.25) is 25.1 Å². The fourth-order valence-electron chi connectivity index (χ4n) is 2.45. The van der Waals surface area contributed by atoms with Gasteiger partial charge in [-0.1, -0.05) is 18.2 Å². The number of carbonyl (C=O) groups is 2. The fraction of sp³-hybridized carbons (Fsp3) is 0.250. The van der Waals surface area contributed by atoms with Crippen LogP contribution in [0.2, 0.25) is 0 Å². The second kappa shape index (κ2) is 8.51. The molecule has 0 saturated heterocycles. The maximum atomic E-state index is 12.6. The van der Waals surface area contributed by atoms with Gasteiger partial charge in [-0.05, 0) is 45.0 Å². The van der Waals surface area contributed by atoms with Crippen LogP contribution in [0.3, 0.4) is 0 Å². The topological polar surface area (TPSA) is 113 Å². The van der Waals surface area contributed by atoms with E-state index in [1.165, 1.54) is 4.90 Å². The molecular weight excluding hydrogens is 372 g/mol. The summed E-state index contributed by atoms with van der Waals surface area (Å²) in [6.07, 6.45) is 2.65. The standard InChI is InChI=1S/C20H22N6O3/c1-20(2,3)29-19(28)26(15-7-5-4-6-8-15)13-16(27)22-18-23-17(24-25-18)14-9-11-21-12-10-14/h4-12H,13H2,1-3H3,(H2,22,23,24,25,27). The average Bonchev–Trinajstić information content (AvgIpc) is 3.14. The van der Waals surface area contributed by atoms with Crippen LogP contribution in [-0.4, -0.2) is 44.3 Å². The highest BCUT2D eigenvalue weighted by Gasteiger charge is 2.25. The van der Waals surface area contributed by atoms with E-state index in [4.69, 9.17) is 4.74 Å². The Balaban J connectivity index is 1.72. The molecule has 0 unspecified atom stereocenters. The molecule has 0 atom stereocenters. The van der Waals surface area contributed by atoms with E-state index >= 15 is 0 Å². The third-order valence-corrected chi connectivity index (χ3v) is 3.67. The molecule has 2 N–H and O–H groups in total. The molecule has 9 heteroatoms. The molecule has 2 aromatic heterocycles. The number of carbonyl (C=O) groups excluding carboxylic acids is 2. The maximum absolute atomic E-state index is 12.6. The number of amides is 2. The molecule has 0 aliphatic rings. The van der Waals surface area contributed by atoms with Crippen LogP contribution in [0.1, 0.15) is 20.8 Å². The molecule has 0 bridgehead atoms. The Morgan fingerprint density at radius 3 is 2.45 bits per heavy atom. The number of pyridine rings is 1. The van der Waals surface area contributed by atoms with Gasteiger partial charge in [-0.25, -0.2) is 4.79 Å². The summed E-state index contributed by atoms with van der Waals surface area (Å²) in [7, 11) is 0. The smallest absolute Gasteiger partial charge is 0.415 e. The number of aromatic nitrogens is 4. The molecule has 1 aromatic carbocycles. The van der Waals surface area contributed by atoms with E-state index in [9.17, 15) is 9.59 Å². The van der Waals surface area contributed by atoms with Crippen LogP contribution in [0.25, 0.3) is 11.4 Å². The number of rotatable bonds is 5. The van der Waals surface area contributed by atoms with Gasteiger partial charge in [0.1, 0.15) is 12.1 Å². The average molecular weight is 394 g/mol. The Bertz CT molecular complexity index is 967. The van der Waals surface area contributed by atoms with Crippen LogP contribution in [0.5, 0.6) is 0 Å². The molecule has 0 aliphatic heterocycles. The van der Waals surface area contributed by atoms with Crippen molar-refractivity contribution in [1.82, 2.24) is 20.2 Å². The number of hydrogen-bond acceptors (Lipinski definition) is 6. The second-order valence-corrected chi connectivity index (χ2v) is 7.19. The van der Waals surface area contributed by atoms with Crippen LogP contribution in [0, 0.1) is 0 Å². The number of anilines is 2. The van der Waals surface area contributed by atoms with Crippen LogP contribution >= 0.6 is 0 Å². The van der Waals surface area contributed by atoms with Gasteiger partial charge in [-0.15, -0.1) is 5.10 Å². The third-order valence-electron chi connectivity index (χ3n) is 3.67. The van der Waals surface area contributed by atoms with E-state index in [-0.39, 0.29) is 12.5 Å². The number of ether oxygens (including phenoxy) is 1. The lowest BCUT2D eigenvalue weighted by Gasteiger charge is -2.27. The summed E-state index contributed by atoms with van der Waals surface area (Å²) in [6.45, 7) is 5.05. The lowest BCUT2D eigenvalue weighted by Crippen LogP contribution is -2.41. The predicted octanol–water partition coefficient (Wildman–Crippen LogP) is 3.25. The second-order valence-electron chi connectivity index (χ2n) is 7.19. The molecule has 0 aliphatic carbocycles. The Morgan fingerprint density at radius 2 is 1.79 bits per heavy atom. The monoisotopic (exact) mass is 394 g/mol. The van der Waals surface area contributed by atoms with Gasteiger partial charge >= 0.3 is 6.09 Å². The minimum atomic E-state index is -0.691. The van der Waals surface area contributed by atoms with Gasteiger partial charge in [0.15, 0.2) is 5.82 Å². The van der Waals surface area contributed by atoms with Crippen LogP contribution < -0.4 is 10.2 Å². The van der Waals surface area contributed by atoms with Crippen molar-refractivity contribution >= 4 is 23.6 Å². The summed E-state index contributed by atoms with van der Waals surface area (Å²) in [5.74, 6) is 0.147. The van der Waals surface area contributed by atoms with Crippen molar-refractivity contribution in [2.75, 3.05) is 16.8 Å². The Hall–Kier alpha value is -3.75. The van der Waals surface area contributed by atoms with Crippen molar-refractivity contribution in [1.29, 1.82) is 0 Å². The highest BCUT2D eigenvalue weighted by Crippen LogP contribution is 2.18. The number of hydrogen-bond donors (Lipinski definition) is 2. The highest BCUT2D eigenvalue weighted by molar-refractivity contribution is 5.99. The first-order valence-electron chi connectivity index (χ1n) is 9.00. The first kappa shape index (κ1) is 20.0. The van der Waals surface area contributed by atoms with Crippen molar-refractivity contribution in [2.24, 2.45) is 0 Å². The van der Waals surface area contributed by atoms with Crippen LogP contribution in [-0.2, 0) is 9.53 Å². The molecule has 2 amide bonds. The molecular formula is C20H22N6O3. The molecule has 0 saturated carbocycles. The third kappa shape index (κ3) is 5.61. The van der Waals surface area contributed by atoms with Crippen molar-refractivity contribution in [3.05, 3.63) is 54.9 Å². The summed E-state index contributed by atoms with van der Waals surface area (Å²) in [5.41, 5.74) is 0.640. The predicted molar refractivity (Wildman–Crippen MR) is 108 cm³/mol. The molecule has 0 fully saturated rings. The molecule has 3 rings (SSSR count). The SMILES string of the molecule is CC(C)(C)OC(=O)N(CC(=O)Nc1n[nH]c(-c2ccncc2)n1)c1ccccc1. The van der Waals surface area contributed by atoms with Crippen molar-refractivity contribution < 1.29 is 14.3 Å². The molecule has 9 nitrogen and oxygen atoms in total. The summed E-state index contributed by atoms with van der Waals surface area (Å²) in [6, 6.07) is 12.4. The minimum Gasteiger partial charge on any atom is -0.443 e. The summed E-state index contributed by atoms with van der Waals surface area (Å²) in [5, 5.41) is 9.34. The zero-order valence-corrected chi connectivity index (χ0v) is 16.4. The molecule has 2 heterocycles. The maximum Gasteiger partial charge on any atom is 0.415 e. The number of benzene rings is 1. The first-order valence-corrected chi connectivity index (χ1v) is 9.00. The Labute approximate surface area is 168 Å². The molecule has 0 spiro atoms. The van der Waals surface area contributed by atoms with E-state index in [1.54, 1.807) is 69.6 Å². The van der Waals surface area contributed by atoms with Crippen LogP contribution in [0.4, 0.5) is 16.4 Å². The Kier molecular flexibility index (Phi) is 5.87. The number of nitrogens with zero attached hydrogens (tertiary/aromatic N) is 4. The summed E-state index contributed by atoms with van der Waals surface area (Å²) in [4.78, 5) is 34.6. The van der Waals surface area contributed by atoms with Crippen LogP contribution in [0.15, 0.2) is 54.9 Å². The highest BCUT2D eigenvalue weighted by atomic mass is 16.6. The van der Waals surface area contributed by atoms with Gasteiger partial charge in [0.05, 0.1) is 0 Å². The molecule has 29 heavy (non-hydrogen) atoms. The molecule has 3 aromatic rings. The van der Waals surface area contributed by atoms with Crippen molar-refractivity contribution in [3.63, 3.8) is 0 Å². The van der Waals surface area contributed by atoms with Gasteiger partial charge in [0.2, 0.25) is 11.9 Å². The molecule has 150 valence electrons. The van der Waals surface area contributed by atoms with Crippen molar-refractivity contribution in [2.45, 2.75) is 26.4 Å². The number of para-hydroxylation sites is 1.